The SMILES string of the molecule is CCN(CC)C(=O)c1cccc(CNS(=O)(=O)N2CCN(c3cnn(-c4cccc(Cl)c4)c(=O)c3OCC3(C)CC3)CC2)c1. The number of nitrogens with zero attached hydrogens (tertiary/aromatic N) is 5. The molecule has 11 nitrogen and oxygen atoms in total. The molecule has 1 N–H and O–H groups in total. The van der Waals surface area contributed by atoms with Crippen LogP contribution in [0.25, 0.3) is 5.69 Å². The first-order valence-electron chi connectivity index (χ1n) is 14.9. The summed E-state index contributed by atoms with van der Waals surface area (Å²) in [5, 5.41) is 4.90. The lowest BCUT2D eigenvalue weighted by Gasteiger charge is -2.35. The molecular weight excluding hydrogens is 604 g/mol. The Morgan fingerprint density at radius 3 is 2.43 bits per heavy atom. The third-order valence-electron chi connectivity index (χ3n) is 8.24. The summed E-state index contributed by atoms with van der Waals surface area (Å²) >= 11 is 6.16. The molecule has 1 amide bonds. The van der Waals surface area contributed by atoms with Gasteiger partial charge in [0.1, 0.15) is 5.69 Å². The van der Waals surface area contributed by atoms with E-state index in [0.29, 0.717) is 60.3 Å². The van der Waals surface area contributed by atoms with Crippen molar-refractivity contribution in [2.45, 2.75) is 40.2 Å². The predicted octanol–water partition coefficient (Wildman–Crippen LogP) is 3.70. The molecular formula is C31H39ClN6O5S. The van der Waals surface area contributed by atoms with E-state index in [0.717, 1.165) is 12.8 Å². The Morgan fingerprint density at radius 2 is 1.77 bits per heavy atom. The van der Waals surface area contributed by atoms with Crippen molar-refractivity contribution in [3.8, 4) is 11.4 Å². The van der Waals surface area contributed by atoms with Crippen molar-refractivity contribution >= 4 is 33.4 Å². The van der Waals surface area contributed by atoms with E-state index >= 15 is 0 Å². The van der Waals surface area contributed by atoms with Gasteiger partial charge in [0.25, 0.3) is 16.1 Å². The van der Waals surface area contributed by atoms with Crippen LogP contribution in [0.3, 0.4) is 0 Å². The molecule has 1 aliphatic heterocycles. The first kappa shape index (κ1) is 32.0. The van der Waals surface area contributed by atoms with Gasteiger partial charge in [0, 0.05) is 61.8 Å². The second-order valence-electron chi connectivity index (χ2n) is 11.5. The number of hydrogen-bond donors (Lipinski definition) is 1. The lowest BCUT2D eigenvalue weighted by atomic mass is 10.1. The van der Waals surface area contributed by atoms with Crippen LogP contribution < -0.4 is 19.9 Å². The molecule has 0 bridgehead atoms. The van der Waals surface area contributed by atoms with Crippen molar-refractivity contribution in [1.29, 1.82) is 0 Å². The van der Waals surface area contributed by atoms with E-state index in [4.69, 9.17) is 16.3 Å². The largest absolute Gasteiger partial charge is 0.486 e. The standard InChI is InChI=1S/C31H39ClN6O5S/c1-4-35(5-2)29(39)24-9-6-8-23(18-24)20-34-44(41,42)37-16-14-36(15-17-37)27-21-33-38(26-11-7-10-25(32)19-26)30(40)28(27)43-22-31(3)12-13-31/h6-11,18-19,21,34H,4-5,12-17,20,22H2,1-3H3. The maximum atomic E-state index is 13.6. The first-order chi connectivity index (χ1) is 21.0. The zero-order chi connectivity index (χ0) is 31.5. The van der Waals surface area contributed by atoms with Crippen molar-refractivity contribution < 1.29 is 17.9 Å². The molecule has 2 heterocycles. The number of ether oxygens (including phenoxy) is 1. The summed E-state index contributed by atoms with van der Waals surface area (Å²) in [7, 11) is -3.80. The third kappa shape index (κ3) is 7.26. The number of aromatic nitrogens is 2. The van der Waals surface area contributed by atoms with Gasteiger partial charge in [0.05, 0.1) is 18.5 Å². The number of carbonyl (C=O) groups excluding carboxylic acids is 1. The number of halogens is 1. The molecule has 2 aliphatic rings. The number of benzene rings is 2. The monoisotopic (exact) mass is 642 g/mol. The van der Waals surface area contributed by atoms with Gasteiger partial charge in [0.2, 0.25) is 5.75 Å². The highest BCUT2D eigenvalue weighted by Crippen LogP contribution is 2.45. The summed E-state index contributed by atoms with van der Waals surface area (Å²) in [5.74, 6) is 0.113. The van der Waals surface area contributed by atoms with Crippen molar-refractivity contribution in [2.24, 2.45) is 5.41 Å². The smallest absolute Gasteiger partial charge is 0.316 e. The van der Waals surface area contributed by atoms with Crippen molar-refractivity contribution in [2.75, 3.05) is 50.8 Å². The molecule has 236 valence electrons. The van der Waals surface area contributed by atoms with Gasteiger partial charge in [-0.3, -0.25) is 9.59 Å². The fourth-order valence-electron chi connectivity index (χ4n) is 5.13. The van der Waals surface area contributed by atoms with E-state index in [1.807, 2.05) is 18.7 Å². The van der Waals surface area contributed by atoms with E-state index in [9.17, 15) is 18.0 Å². The van der Waals surface area contributed by atoms with Crippen molar-refractivity contribution in [3.05, 3.63) is 81.2 Å². The van der Waals surface area contributed by atoms with E-state index in [1.165, 1.54) is 8.99 Å². The Balaban J connectivity index is 1.27. The van der Waals surface area contributed by atoms with Gasteiger partial charge in [-0.15, -0.1) is 0 Å². The molecule has 2 aromatic carbocycles. The molecule has 1 saturated heterocycles. The minimum Gasteiger partial charge on any atom is -0.486 e. The van der Waals surface area contributed by atoms with Crippen LogP contribution in [0, 0.1) is 5.41 Å². The average molecular weight is 643 g/mol. The molecule has 2 fully saturated rings. The highest BCUT2D eigenvalue weighted by atomic mass is 35.5. The molecule has 0 radical (unpaired) electrons. The lowest BCUT2D eigenvalue weighted by molar-refractivity contribution is 0.0773. The molecule has 1 aromatic heterocycles. The molecule has 3 aromatic rings. The number of piperazine rings is 1. The van der Waals surface area contributed by atoms with Crippen molar-refractivity contribution in [3.63, 3.8) is 0 Å². The van der Waals surface area contributed by atoms with E-state index < -0.39 is 15.8 Å². The van der Waals surface area contributed by atoms with Gasteiger partial charge in [0.15, 0.2) is 0 Å². The Kier molecular flexibility index (Phi) is 9.64. The first-order valence-corrected chi connectivity index (χ1v) is 16.7. The summed E-state index contributed by atoms with van der Waals surface area (Å²) < 4.78 is 37.9. The summed E-state index contributed by atoms with van der Waals surface area (Å²) in [6.07, 6.45) is 3.67. The summed E-state index contributed by atoms with van der Waals surface area (Å²) in [6, 6.07) is 13.9. The predicted molar refractivity (Wildman–Crippen MR) is 171 cm³/mol. The van der Waals surface area contributed by atoms with E-state index in [2.05, 4.69) is 16.7 Å². The maximum Gasteiger partial charge on any atom is 0.316 e. The van der Waals surface area contributed by atoms with Crippen LogP contribution in [0.4, 0.5) is 5.69 Å². The normalized spacial score (nSPS) is 16.5. The van der Waals surface area contributed by atoms with Crippen LogP contribution in [0.5, 0.6) is 5.75 Å². The van der Waals surface area contributed by atoms with Gasteiger partial charge in [-0.05, 0) is 62.6 Å². The van der Waals surface area contributed by atoms with Gasteiger partial charge >= 0.3 is 5.56 Å². The fraction of sp³-hybridized carbons (Fsp3) is 0.452. The Morgan fingerprint density at radius 1 is 1.07 bits per heavy atom. The fourth-order valence-corrected chi connectivity index (χ4v) is 6.49. The molecule has 5 rings (SSSR count). The van der Waals surface area contributed by atoms with E-state index in [-0.39, 0.29) is 36.7 Å². The number of anilines is 1. The van der Waals surface area contributed by atoms with Crippen molar-refractivity contribution in [1.82, 2.24) is 23.7 Å². The summed E-state index contributed by atoms with van der Waals surface area (Å²) in [5.41, 5.74) is 1.94. The molecule has 13 heteroatoms. The van der Waals surface area contributed by atoms with Crippen LogP contribution in [-0.4, -0.2) is 79.2 Å². The highest BCUT2D eigenvalue weighted by Gasteiger charge is 2.39. The van der Waals surface area contributed by atoms with Crippen LogP contribution in [-0.2, 0) is 16.8 Å². The third-order valence-corrected chi connectivity index (χ3v) is 10.0. The molecule has 0 spiro atoms. The van der Waals surface area contributed by atoms with Gasteiger partial charge in [-0.25, -0.2) is 0 Å². The average Bonchev–Trinajstić information content (AvgIpc) is 3.77. The van der Waals surface area contributed by atoms with Gasteiger partial charge < -0.3 is 14.5 Å². The second-order valence-corrected chi connectivity index (χ2v) is 13.7. The lowest BCUT2D eigenvalue weighted by Crippen LogP contribution is -2.52. The quantitative estimate of drug-likeness (QED) is 0.320. The van der Waals surface area contributed by atoms with Gasteiger partial charge in [-0.1, -0.05) is 36.7 Å². The second kappa shape index (κ2) is 13.3. The van der Waals surface area contributed by atoms with E-state index in [1.54, 1.807) is 59.6 Å². The molecule has 0 atom stereocenters. The summed E-state index contributed by atoms with van der Waals surface area (Å²) in [4.78, 5) is 30.0. The van der Waals surface area contributed by atoms with Crippen LogP contribution in [0.1, 0.15) is 49.5 Å². The number of amides is 1. The van der Waals surface area contributed by atoms with Crippen LogP contribution in [0.2, 0.25) is 5.02 Å². The number of hydrogen-bond acceptors (Lipinski definition) is 7. The minimum absolute atomic E-state index is 0.0461. The zero-order valence-corrected chi connectivity index (χ0v) is 26.9. The number of carbonyl (C=O) groups is 1. The van der Waals surface area contributed by atoms with Crippen LogP contribution >= 0.6 is 11.6 Å². The highest BCUT2D eigenvalue weighted by molar-refractivity contribution is 7.87. The summed E-state index contributed by atoms with van der Waals surface area (Å²) in [6.45, 7) is 8.77. The molecule has 1 aliphatic carbocycles. The Hall–Kier alpha value is -3.45. The molecule has 0 unspecified atom stereocenters. The van der Waals surface area contributed by atoms with Gasteiger partial charge in [-0.2, -0.15) is 27.2 Å². The number of rotatable bonds is 12. The Labute approximate surface area is 263 Å². The minimum atomic E-state index is -3.80. The Bertz CT molecular complexity index is 1660. The molecule has 44 heavy (non-hydrogen) atoms. The maximum absolute atomic E-state index is 13.6. The molecule has 1 saturated carbocycles. The zero-order valence-electron chi connectivity index (χ0n) is 25.3. The topological polar surface area (TPSA) is 117 Å². The van der Waals surface area contributed by atoms with Crippen LogP contribution in [0.15, 0.2) is 59.5 Å². The number of nitrogens with one attached hydrogen (secondary N) is 1.